The summed E-state index contributed by atoms with van der Waals surface area (Å²) in [6.45, 7) is 7.59. The summed E-state index contributed by atoms with van der Waals surface area (Å²) in [5, 5.41) is 4.43. The summed E-state index contributed by atoms with van der Waals surface area (Å²) in [4.78, 5) is 13.4. The molecule has 0 aliphatic carbocycles. The molecular weight excluding hydrogens is 424 g/mol. The lowest BCUT2D eigenvalue weighted by atomic mass is 10.2. The number of nitrogens with zero attached hydrogens (tertiary/aromatic N) is 6. The maximum absolute atomic E-state index is 4.43. The lowest BCUT2D eigenvalue weighted by Crippen LogP contribution is -2.55. The van der Waals surface area contributed by atoms with Crippen LogP contribution in [-0.4, -0.2) is 50.8 Å². The summed E-state index contributed by atoms with van der Waals surface area (Å²) in [5.74, 6) is 0.782. The predicted octanol–water partition coefficient (Wildman–Crippen LogP) is 2.88. The number of piperazine rings is 1. The highest BCUT2D eigenvalue weighted by Crippen LogP contribution is 2.34. The first kappa shape index (κ1) is 16.9. The summed E-state index contributed by atoms with van der Waals surface area (Å²) >= 11 is 7.28. The predicted molar refractivity (Wildman–Crippen MR) is 97.2 cm³/mol. The molecule has 1 radical (unpaired) electrons. The van der Waals surface area contributed by atoms with Crippen LogP contribution in [0.1, 0.15) is 12.8 Å². The van der Waals surface area contributed by atoms with Crippen molar-refractivity contribution in [1.82, 2.24) is 24.6 Å². The molecular formula is C15H19Br2N6. The van der Waals surface area contributed by atoms with Crippen molar-refractivity contribution in [1.29, 1.82) is 0 Å². The smallest absolute Gasteiger partial charge is 0.225 e. The fraction of sp³-hybridized carbons (Fsp3) is 0.467. The van der Waals surface area contributed by atoms with Crippen LogP contribution in [0.15, 0.2) is 35.3 Å². The molecule has 2 aromatic rings. The van der Waals surface area contributed by atoms with E-state index in [0.717, 1.165) is 49.4 Å². The van der Waals surface area contributed by atoms with E-state index >= 15 is 0 Å². The Morgan fingerprint density at radius 1 is 1.17 bits per heavy atom. The maximum atomic E-state index is 4.43. The summed E-state index contributed by atoms with van der Waals surface area (Å²) in [6.07, 6.45) is 9.11. The quantitative estimate of drug-likeness (QED) is 0.526. The molecule has 0 N–H and O–H groups in total. The molecule has 3 heterocycles. The molecule has 1 aliphatic rings. The standard InChI is InChI=1S/C15H19Br2N6/c1-2-4-15(17,23-6-3-5-20-23)22-9-7-21(8-10-22)14-18-11-13(16)12-19-14/h3,5-6,11-12H,1-2,4,7-10H2. The van der Waals surface area contributed by atoms with Crippen LogP contribution in [0.5, 0.6) is 0 Å². The first-order valence-electron chi connectivity index (χ1n) is 7.59. The minimum atomic E-state index is -0.315. The van der Waals surface area contributed by atoms with Crippen molar-refractivity contribution in [3.63, 3.8) is 0 Å². The largest absolute Gasteiger partial charge is 0.338 e. The molecule has 123 valence electrons. The van der Waals surface area contributed by atoms with Crippen molar-refractivity contribution in [2.75, 3.05) is 31.1 Å². The second kappa shape index (κ2) is 7.27. The van der Waals surface area contributed by atoms with Crippen LogP contribution in [0.3, 0.4) is 0 Å². The Morgan fingerprint density at radius 3 is 2.43 bits per heavy atom. The lowest BCUT2D eigenvalue weighted by Gasteiger charge is -2.44. The van der Waals surface area contributed by atoms with E-state index < -0.39 is 0 Å². The van der Waals surface area contributed by atoms with Crippen molar-refractivity contribution in [3.05, 3.63) is 42.3 Å². The molecule has 23 heavy (non-hydrogen) atoms. The van der Waals surface area contributed by atoms with E-state index in [0.29, 0.717) is 0 Å². The zero-order chi connectivity index (χ0) is 16.3. The van der Waals surface area contributed by atoms with Crippen LogP contribution in [-0.2, 0) is 4.57 Å². The normalized spacial score (nSPS) is 18.8. The number of halogens is 2. The Hall–Kier alpha value is -0.990. The highest BCUT2D eigenvalue weighted by atomic mass is 79.9. The van der Waals surface area contributed by atoms with Gasteiger partial charge in [-0.3, -0.25) is 4.90 Å². The van der Waals surface area contributed by atoms with Gasteiger partial charge in [-0.1, -0.05) is 6.92 Å². The van der Waals surface area contributed by atoms with Crippen molar-refractivity contribution in [2.45, 2.75) is 17.4 Å². The zero-order valence-corrected chi connectivity index (χ0v) is 15.9. The van der Waals surface area contributed by atoms with Gasteiger partial charge in [0.25, 0.3) is 0 Å². The summed E-state index contributed by atoms with van der Waals surface area (Å²) in [5.41, 5.74) is 0. The number of alkyl halides is 1. The van der Waals surface area contributed by atoms with Crippen molar-refractivity contribution < 1.29 is 0 Å². The van der Waals surface area contributed by atoms with Gasteiger partial charge in [0.1, 0.15) is 0 Å². The Balaban J connectivity index is 1.70. The van der Waals surface area contributed by atoms with E-state index in [1.54, 1.807) is 12.4 Å². The van der Waals surface area contributed by atoms with Crippen LogP contribution < -0.4 is 4.90 Å². The van der Waals surface area contributed by atoms with Gasteiger partial charge in [-0.2, -0.15) is 5.10 Å². The van der Waals surface area contributed by atoms with Crippen LogP contribution in [0, 0.1) is 6.92 Å². The monoisotopic (exact) mass is 441 g/mol. The summed E-state index contributed by atoms with van der Waals surface area (Å²) in [7, 11) is 0. The SMILES string of the molecule is [CH2]CCC(Br)(N1CCN(c2ncc(Br)cn2)CC1)n1cccn1. The molecule has 0 aromatic carbocycles. The number of anilines is 1. The highest BCUT2D eigenvalue weighted by molar-refractivity contribution is 9.10. The molecule has 0 amide bonds. The summed E-state index contributed by atoms with van der Waals surface area (Å²) in [6, 6.07) is 1.95. The van der Waals surface area contributed by atoms with Crippen LogP contribution in [0.25, 0.3) is 0 Å². The third-order valence-electron chi connectivity index (χ3n) is 4.00. The van der Waals surface area contributed by atoms with E-state index in [-0.39, 0.29) is 4.57 Å². The lowest BCUT2D eigenvalue weighted by molar-refractivity contribution is 0.0844. The van der Waals surface area contributed by atoms with Crippen LogP contribution in [0.4, 0.5) is 5.95 Å². The molecule has 6 nitrogen and oxygen atoms in total. The van der Waals surface area contributed by atoms with Gasteiger partial charge in [0.15, 0.2) is 4.57 Å². The van der Waals surface area contributed by atoms with Crippen LogP contribution >= 0.6 is 31.9 Å². The minimum Gasteiger partial charge on any atom is -0.338 e. The molecule has 1 aliphatic heterocycles. The van der Waals surface area contributed by atoms with Gasteiger partial charge < -0.3 is 4.90 Å². The molecule has 0 saturated carbocycles. The Bertz CT molecular complexity index is 609. The fourth-order valence-corrected chi connectivity index (χ4v) is 3.88. The summed E-state index contributed by atoms with van der Waals surface area (Å²) < 4.78 is 2.56. The van der Waals surface area contributed by atoms with E-state index in [1.165, 1.54) is 0 Å². The van der Waals surface area contributed by atoms with E-state index in [2.05, 4.69) is 63.7 Å². The van der Waals surface area contributed by atoms with Gasteiger partial charge in [-0.25, -0.2) is 14.6 Å². The topological polar surface area (TPSA) is 50.1 Å². The third-order valence-corrected chi connectivity index (χ3v) is 5.67. The van der Waals surface area contributed by atoms with Gasteiger partial charge >= 0.3 is 0 Å². The zero-order valence-electron chi connectivity index (χ0n) is 12.8. The number of rotatable bonds is 5. The molecule has 2 aromatic heterocycles. The number of hydrogen-bond donors (Lipinski definition) is 0. The number of aromatic nitrogens is 4. The van der Waals surface area contributed by atoms with Crippen molar-refractivity contribution >= 4 is 37.8 Å². The average Bonchev–Trinajstić information content (AvgIpc) is 3.11. The Kier molecular flexibility index (Phi) is 5.33. The molecule has 1 fully saturated rings. The fourth-order valence-electron chi connectivity index (χ4n) is 2.83. The molecule has 1 saturated heterocycles. The van der Waals surface area contributed by atoms with Gasteiger partial charge in [-0.05, 0) is 50.8 Å². The second-order valence-corrected chi connectivity index (χ2v) is 7.63. The molecule has 3 rings (SSSR count). The Morgan fingerprint density at radius 2 is 1.87 bits per heavy atom. The second-order valence-electron chi connectivity index (χ2n) is 5.45. The molecule has 8 heteroatoms. The maximum Gasteiger partial charge on any atom is 0.225 e. The third kappa shape index (κ3) is 3.59. The molecule has 1 atom stereocenters. The number of hydrogen-bond acceptors (Lipinski definition) is 5. The molecule has 1 unspecified atom stereocenters. The van der Waals surface area contributed by atoms with Crippen LogP contribution in [0.2, 0.25) is 0 Å². The molecule has 0 spiro atoms. The van der Waals surface area contributed by atoms with Crippen molar-refractivity contribution in [2.24, 2.45) is 0 Å². The van der Waals surface area contributed by atoms with E-state index in [9.17, 15) is 0 Å². The average molecular weight is 443 g/mol. The van der Waals surface area contributed by atoms with Gasteiger partial charge in [0, 0.05) is 51.0 Å². The minimum absolute atomic E-state index is 0.315. The van der Waals surface area contributed by atoms with Gasteiger partial charge in [0.05, 0.1) is 4.47 Å². The first-order valence-corrected chi connectivity index (χ1v) is 9.18. The van der Waals surface area contributed by atoms with Gasteiger partial charge in [-0.15, -0.1) is 0 Å². The van der Waals surface area contributed by atoms with E-state index in [1.807, 2.05) is 23.1 Å². The van der Waals surface area contributed by atoms with Crippen molar-refractivity contribution in [3.8, 4) is 0 Å². The Labute approximate surface area is 153 Å². The van der Waals surface area contributed by atoms with E-state index in [4.69, 9.17) is 0 Å². The highest BCUT2D eigenvalue weighted by Gasteiger charge is 2.37. The molecule has 0 bridgehead atoms. The van der Waals surface area contributed by atoms with Gasteiger partial charge in [0.2, 0.25) is 5.95 Å². The first-order chi connectivity index (χ1) is 11.1.